The largest absolute Gasteiger partial charge is 0.494 e. The average Bonchev–Trinajstić information content (AvgIpc) is 3.14. The number of hydrogen-bond acceptors (Lipinski definition) is 6. The summed E-state index contributed by atoms with van der Waals surface area (Å²) in [5.41, 5.74) is 4.46. The standard InChI is InChI=1S/C27H26N4O4/c1-30-23-9-6-19(27(33)34)15-22(23)24(26(30)32)25(20-3-2-10-28-16-20)29-21-7-4-18(5-8-21)17-31-11-13-35-14-12-31/h2-10,15-16,32H,11-14,17H2,1H3,(H,33,34). The van der Waals surface area contributed by atoms with Crippen LogP contribution in [-0.4, -0.2) is 62.6 Å². The van der Waals surface area contributed by atoms with Gasteiger partial charge in [0.05, 0.1) is 41.3 Å². The van der Waals surface area contributed by atoms with Gasteiger partial charge in [0.1, 0.15) is 0 Å². The summed E-state index contributed by atoms with van der Waals surface area (Å²) in [4.78, 5) is 23.1. The number of nitrogens with zero attached hydrogens (tertiary/aromatic N) is 4. The van der Waals surface area contributed by atoms with Crippen LogP contribution in [0.2, 0.25) is 0 Å². The minimum absolute atomic E-state index is 0.00841. The Bertz CT molecular complexity index is 1390. The normalized spacial score (nSPS) is 14.9. The molecule has 1 aliphatic heterocycles. The first-order chi connectivity index (χ1) is 17.0. The first-order valence-electron chi connectivity index (χ1n) is 11.4. The number of aliphatic imine (C=N–C) groups is 1. The molecule has 0 atom stereocenters. The summed E-state index contributed by atoms with van der Waals surface area (Å²) < 4.78 is 7.06. The maximum absolute atomic E-state index is 11.6. The molecule has 2 aromatic heterocycles. The summed E-state index contributed by atoms with van der Waals surface area (Å²) in [6.07, 6.45) is 3.36. The molecule has 0 amide bonds. The number of aromatic nitrogens is 2. The van der Waals surface area contributed by atoms with Crippen molar-refractivity contribution in [3.05, 3.63) is 89.2 Å². The maximum Gasteiger partial charge on any atom is 0.335 e. The number of aromatic carboxylic acids is 1. The third kappa shape index (κ3) is 4.66. The highest BCUT2D eigenvalue weighted by Crippen LogP contribution is 2.34. The summed E-state index contributed by atoms with van der Waals surface area (Å²) in [7, 11) is 1.74. The van der Waals surface area contributed by atoms with Crippen LogP contribution in [0, 0.1) is 0 Å². The fourth-order valence-corrected chi connectivity index (χ4v) is 4.39. The van der Waals surface area contributed by atoms with Gasteiger partial charge in [-0.05, 0) is 48.0 Å². The van der Waals surface area contributed by atoms with E-state index >= 15 is 0 Å². The Morgan fingerprint density at radius 2 is 1.86 bits per heavy atom. The number of aryl methyl sites for hydroxylation is 1. The summed E-state index contributed by atoms with van der Waals surface area (Å²) >= 11 is 0. The first-order valence-corrected chi connectivity index (χ1v) is 11.4. The summed E-state index contributed by atoms with van der Waals surface area (Å²) in [6.45, 7) is 4.21. The minimum atomic E-state index is -1.03. The number of fused-ring (bicyclic) bond motifs is 1. The average molecular weight is 471 g/mol. The van der Waals surface area contributed by atoms with Crippen molar-refractivity contribution in [1.82, 2.24) is 14.5 Å². The topological polar surface area (TPSA) is 100 Å². The van der Waals surface area contributed by atoms with Crippen molar-refractivity contribution in [2.75, 3.05) is 26.3 Å². The van der Waals surface area contributed by atoms with E-state index in [9.17, 15) is 15.0 Å². The highest BCUT2D eigenvalue weighted by molar-refractivity contribution is 6.22. The SMILES string of the molecule is Cn1c(O)c(C(=Nc2ccc(CN3CCOCC3)cc2)c2cccnc2)c2cc(C(=O)O)ccc21. The Morgan fingerprint density at radius 3 is 2.54 bits per heavy atom. The van der Waals surface area contributed by atoms with Gasteiger partial charge in [-0.1, -0.05) is 12.1 Å². The predicted molar refractivity (Wildman–Crippen MR) is 134 cm³/mol. The Balaban J connectivity index is 1.59. The lowest BCUT2D eigenvalue weighted by Gasteiger charge is -2.26. The molecule has 0 bridgehead atoms. The first kappa shape index (κ1) is 22.8. The number of rotatable bonds is 6. The third-order valence-electron chi connectivity index (χ3n) is 6.27. The monoisotopic (exact) mass is 470 g/mol. The molecular weight excluding hydrogens is 444 g/mol. The van der Waals surface area contributed by atoms with Crippen LogP contribution in [0.3, 0.4) is 0 Å². The van der Waals surface area contributed by atoms with Gasteiger partial charge in [0.2, 0.25) is 5.88 Å². The van der Waals surface area contributed by atoms with Crippen molar-refractivity contribution in [3.8, 4) is 5.88 Å². The molecule has 2 N–H and O–H groups in total. The number of pyridine rings is 1. The molecule has 1 fully saturated rings. The van der Waals surface area contributed by atoms with Crippen molar-refractivity contribution in [2.45, 2.75) is 6.54 Å². The van der Waals surface area contributed by atoms with Crippen LogP contribution in [-0.2, 0) is 18.3 Å². The molecule has 0 unspecified atom stereocenters. The van der Waals surface area contributed by atoms with Crippen LogP contribution in [0.15, 0.2) is 72.0 Å². The van der Waals surface area contributed by atoms with Gasteiger partial charge in [0.15, 0.2) is 0 Å². The quantitative estimate of drug-likeness (QED) is 0.414. The Kier molecular flexibility index (Phi) is 6.31. The van der Waals surface area contributed by atoms with Gasteiger partial charge in [-0.15, -0.1) is 0 Å². The van der Waals surface area contributed by atoms with E-state index in [1.165, 1.54) is 11.6 Å². The third-order valence-corrected chi connectivity index (χ3v) is 6.27. The molecule has 4 aromatic rings. The molecule has 2 aromatic carbocycles. The molecule has 0 saturated carbocycles. The molecule has 1 aliphatic rings. The van der Waals surface area contributed by atoms with Gasteiger partial charge in [-0.2, -0.15) is 0 Å². The van der Waals surface area contributed by atoms with Crippen LogP contribution in [0.4, 0.5) is 5.69 Å². The van der Waals surface area contributed by atoms with Crippen LogP contribution in [0.1, 0.15) is 27.0 Å². The second-order valence-corrected chi connectivity index (χ2v) is 8.55. The molecule has 5 rings (SSSR count). The van der Waals surface area contributed by atoms with Crippen molar-refractivity contribution in [3.63, 3.8) is 0 Å². The highest BCUT2D eigenvalue weighted by atomic mass is 16.5. The highest BCUT2D eigenvalue weighted by Gasteiger charge is 2.22. The molecule has 8 nitrogen and oxygen atoms in total. The molecular formula is C27H26N4O4. The van der Waals surface area contributed by atoms with Crippen molar-refractivity contribution in [1.29, 1.82) is 0 Å². The number of ether oxygens (including phenoxy) is 1. The smallest absolute Gasteiger partial charge is 0.335 e. The number of benzene rings is 2. The molecule has 0 aliphatic carbocycles. The van der Waals surface area contributed by atoms with Gasteiger partial charge in [-0.3, -0.25) is 9.88 Å². The number of carboxylic acid groups (broad SMARTS) is 1. The zero-order chi connectivity index (χ0) is 24.4. The van der Waals surface area contributed by atoms with E-state index in [4.69, 9.17) is 9.73 Å². The van der Waals surface area contributed by atoms with E-state index in [-0.39, 0.29) is 11.4 Å². The Morgan fingerprint density at radius 1 is 1.09 bits per heavy atom. The van der Waals surface area contributed by atoms with Crippen LogP contribution >= 0.6 is 0 Å². The van der Waals surface area contributed by atoms with E-state index in [1.54, 1.807) is 42.2 Å². The van der Waals surface area contributed by atoms with Gasteiger partial charge in [0, 0.05) is 50.0 Å². The zero-order valence-corrected chi connectivity index (χ0v) is 19.4. The summed E-state index contributed by atoms with van der Waals surface area (Å²) in [5.74, 6) is -1.02. The Hall–Kier alpha value is -4.01. The summed E-state index contributed by atoms with van der Waals surface area (Å²) in [5, 5.41) is 21.2. The Labute approximate surface area is 202 Å². The predicted octanol–water partition coefficient (Wildman–Crippen LogP) is 3.98. The van der Waals surface area contributed by atoms with Crippen LogP contribution in [0.5, 0.6) is 5.88 Å². The van der Waals surface area contributed by atoms with E-state index < -0.39 is 5.97 Å². The number of aromatic hydroxyl groups is 1. The number of morpholine rings is 1. The van der Waals surface area contributed by atoms with Gasteiger partial charge < -0.3 is 19.5 Å². The van der Waals surface area contributed by atoms with E-state index in [2.05, 4.69) is 22.0 Å². The number of carboxylic acids is 1. The number of carbonyl (C=O) groups is 1. The van der Waals surface area contributed by atoms with E-state index in [1.807, 2.05) is 18.2 Å². The summed E-state index contributed by atoms with van der Waals surface area (Å²) in [6, 6.07) is 16.5. The molecule has 0 spiro atoms. The van der Waals surface area contributed by atoms with E-state index in [0.717, 1.165) is 38.5 Å². The molecule has 3 heterocycles. The van der Waals surface area contributed by atoms with Crippen molar-refractivity contribution in [2.24, 2.45) is 12.0 Å². The minimum Gasteiger partial charge on any atom is -0.494 e. The van der Waals surface area contributed by atoms with Crippen molar-refractivity contribution >= 4 is 28.3 Å². The molecule has 1 saturated heterocycles. The second kappa shape index (κ2) is 9.69. The molecule has 0 radical (unpaired) electrons. The molecule has 35 heavy (non-hydrogen) atoms. The maximum atomic E-state index is 11.6. The lowest BCUT2D eigenvalue weighted by Crippen LogP contribution is -2.35. The van der Waals surface area contributed by atoms with Gasteiger partial charge >= 0.3 is 5.97 Å². The molecule has 8 heteroatoms. The van der Waals surface area contributed by atoms with Gasteiger partial charge in [-0.25, -0.2) is 9.79 Å². The van der Waals surface area contributed by atoms with Crippen LogP contribution in [0.25, 0.3) is 10.9 Å². The van der Waals surface area contributed by atoms with E-state index in [0.29, 0.717) is 27.7 Å². The lowest BCUT2D eigenvalue weighted by atomic mass is 10.0. The lowest BCUT2D eigenvalue weighted by molar-refractivity contribution is 0.0342. The molecule has 178 valence electrons. The number of hydrogen-bond donors (Lipinski definition) is 2. The van der Waals surface area contributed by atoms with Crippen molar-refractivity contribution < 1.29 is 19.7 Å². The zero-order valence-electron chi connectivity index (χ0n) is 19.4. The fourth-order valence-electron chi connectivity index (χ4n) is 4.39. The van der Waals surface area contributed by atoms with Gasteiger partial charge in [0.25, 0.3) is 0 Å². The second-order valence-electron chi connectivity index (χ2n) is 8.55. The fraction of sp³-hybridized carbons (Fsp3) is 0.222. The van der Waals surface area contributed by atoms with Crippen LogP contribution < -0.4 is 0 Å².